The molecule has 0 aromatic rings. The van der Waals surface area contributed by atoms with E-state index >= 15 is 0 Å². The van der Waals surface area contributed by atoms with Crippen molar-refractivity contribution in [2.24, 2.45) is 11.8 Å². The van der Waals surface area contributed by atoms with Gasteiger partial charge in [0.2, 0.25) is 0 Å². The molecule has 0 aromatic heterocycles. The normalized spacial score (nSPS) is 11.3. The highest BCUT2D eigenvalue weighted by Gasteiger charge is 2.10. The molecular weight excluding hydrogens is 256 g/mol. The van der Waals surface area contributed by atoms with E-state index in [-0.39, 0.29) is 11.9 Å². The van der Waals surface area contributed by atoms with Gasteiger partial charge in [0, 0.05) is 5.75 Å². The van der Waals surface area contributed by atoms with Crippen molar-refractivity contribution in [1.82, 2.24) is 0 Å². The summed E-state index contributed by atoms with van der Waals surface area (Å²) < 4.78 is 5.13. The Balaban J connectivity index is 3.64. The largest absolute Gasteiger partial charge is 0.391 e. The Kier molecular flexibility index (Phi) is 12.7. The summed E-state index contributed by atoms with van der Waals surface area (Å²) >= 11 is 1.33. The van der Waals surface area contributed by atoms with Crippen LogP contribution in [0.25, 0.3) is 0 Å². The lowest BCUT2D eigenvalue weighted by Crippen LogP contribution is -2.08. The molecule has 0 saturated heterocycles. The van der Waals surface area contributed by atoms with Gasteiger partial charge in [0.25, 0.3) is 0 Å². The van der Waals surface area contributed by atoms with E-state index in [1.165, 1.54) is 57.0 Å². The van der Waals surface area contributed by atoms with Gasteiger partial charge in [-0.05, 0) is 18.8 Å². The molecule has 0 saturated carbocycles. The predicted molar refractivity (Wildman–Crippen MR) is 85.2 cm³/mol. The maximum absolute atomic E-state index is 11.3. The average molecular weight is 288 g/mol. The van der Waals surface area contributed by atoms with E-state index in [1.807, 2.05) is 13.8 Å². The van der Waals surface area contributed by atoms with Crippen LogP contribution < -0.4 is 0 Å². The van der Waals surface area contributed by atoms with Gasteiger partial charge in [-0.2, -0.15) is 0 Å². The van der Waals surface area contributed by atoms with E-state index < -0.39 is 0 Å². The molecule has 0 radical (unpaired) electrons. The van der Waals surface area contributed by atoms with Gasteiger partial charge in [-0.25, -0.2) is 0 Å². The Bertz CT molecular complexity index is 209. The second kappa shape index (κ2) is 12.8. The molecular formula is C16H32O2S. The SMILES string of the molecule is CCCCC(CCCC)CCCSOC(=O)C(C)C. The third-order valence-corrected chi connectivity index (χ3v) is 4.12. The van der Waals surface area contributed by atoms with Crippen LogP contribution in [0.1, 0.15) is 79.1 Å². The molecule has 0 N–H and O–H groups in total. The minimum Gasteiger partial charge on any atom is -0.391 e. The lowest BCUT2D eigenvalue weighted by Gasteiger charge is -2.15. The van der Waals surface area contributed by atoms with Crippen molar-refractivity contribution < 1.29 is 8.98 Å². The van der Waals surface area contributed by atoms with Crippen LogP contribution in [-0.2, 0) is 8.98 Å². The zero-order chi connectivity index (χ0) is 14.5. The number of hydrogen-bond acceptors (Lipinski definition) is 3. The van der Waals surface area contributed by atoms with Crippen LogP contribution in [0.4, 0.5) is 0 Å². The summed E-state index contributed by atoms with van der Waals surface area (Å²) in [6, 6.07) is 0. The van der Waals surface area contributed by atoms with Gasteiger partial charge in [-0.1, -0.05) is 66.2 Å². The molecule has 114 valence electrons. The average Bonchev–Trinajstić information content (AvgIpc) is 2.40. The smallest absolute Gasteiger partial charge is 0.320 e. The fourth-order valence-electron chi connectivity index (χ4n) is 2.05. The minimum absolute atomic E-state index is 0.0191. The lowest BCUT2D eigenvalue weighted by atomic mass is 9.92. The molecule has 0 spiro atoms. The molecule has 0 aromatic carbocycles. The minimum atomic E-state index is -0.0986. The van der Waals surface area contributed by atoms with Crippen molar-refractivity contribution in [3.63, 3.8) is 0 Å². The van der Waals surface area contributed by atoms with Crippen molar-refractivity contribution in [3.05, 3.63) is 0 Å². The number of carbonyl (C=O) groups excluding carboxylic acids is 1. The molecule has 0 aliphatic heterocycles. The number of unbranched alkanes of at least 4 members (excludes halogenated alkanes) is 2. The van der Waals surface area contributed by atoms with E-state index in [1.54, 1.807) is 0 Å². The van der Waals surface area contributed by atoms with Crippen LogP contribution in [-0.4, -0.2) is 11.7 Å². The molecule has 0 fully saturated rings. The first kappa shape index (κ1) is 18.8. The van der Waals surface area contributed by atoms with Gasteiger partial charge in [-0.3, -0.25) is 4.79 Å². The monoisotopic (exact) mass is 288 g/mol. The third-order valence-electron chi connectivity index (χ3n) is 3.38. The fraction of sp³-hybridized carbons (Fsp3) is 0.938. The first-order valence-corrected chi connectivity index (χ1v) is 8.86. The zero-order valence-electron chi connectivity index (χ0n) is 13.2. The zero-order valence-corrected chi connectivity index (χ0v) is 14.1. The van der Waals surface area contributed by atoms with Gasteiger partial charge in [0.15, 0.2) is 0 Å². The van der Waals surface area contributed by atoms with Gasteiger partial charge < -0.3 is 4.18 Å². The van der Waals surface area contributed by atoms with Crippen LogP contribution in [0.2, 0.25) is 0 Å². The second-order valence-electron chi connectivity index (χ2n) is 5.67. The highest BCUT2D eigenvalue weighted by Crippen LogP contribution is 2.22. The van der Waals surface area contributed by atoms with Gasteiger partial charge >= 0.3 is 5.97 Å². The van der Waals surface area contributed by atoms with Crippen LogP contribution in [0.15, 0.2) is 0 Å². The summed E-state index contributed by atoms with van der Waals surface area (Å²) in [5, 5.41) is 0. The van der Waals surface area contributed by atoms with Gasteiger partial charge in [0.05, 0.1) is 18.0 Å². The molecule has 19 heavy (non-hydrogen) atoms. The molecule has 2 nitrogen and oxygen atoms in total. The molecule has 0 rings (SSSR count). The van der Waals surface area contributed by atoms with Crippen molar-refractivity contribution >= 4 is 18.0 Å². The van der Waals surface area contributed by atoms with Gasteiger partial charge in [-0.15, -0.1) is 0 Å². The maximum atomic E-state index is 11.3. The summed E-state index contributed by atoms with van der Waals surface area (Å²) in [4.78, 5) is 11.3. The third kappa shape index (κ3) is 11.4. The van der Waals surface area contributed by atoms with Crippen LogP contribution in [0, 0.1) is 11.8 Å². The highest BCUT2D eigenvalue weighted by atomic mass is 32.2. The summed E-state index contributed by atoms with van der Waals surface area (Å²) in [5.41, 5.74) is 0. The Labute approximate surface area is 124 Å². The summed E-state index contributed by atoms with van der Waals surface area (Å²) in [5.74, 6) is 1.70. The van der Waals surface area contributed by atoms with Crippen molar-refractivity contribution in [1.29, 1.82) is 0 Å². The van der Waals surface area contributed by atoms with Crippen molar-refractivity contribution in [2.75, 3.05) is 5.75 Å². The molecule has 3 heteroatoms. The number of hydrogen-bond donors (Lipinski definition) is 0. The first-order valence-electron chi connectivity index (χ1n) is 7.95. The van der Waals surface area contributed by atoms with E-state index in [4.69, 9.17) is 4.18 Å². The first-order chi connectivity index (χ1) is 9.11. The van der Waals surface area contributed by atoms with Gasteiger partial charge in [0.1, 0.15) is 0 Å². The van der Waals surface area contributed by atoms with E-state index in [0.717, 1.165) is 18.1 Å². The molecule has 0 atom stereocenters. The quantitative estimate of drug-likeness (QED) is 0.345. The molecule has 0 bridgehead atoms. The van der Waals surface area contributed by atoms with Crippen LogP contribution in [0.5, 0.6) is 0 Å². The Hall–Kier alpha value is -0.180. The van der Waals surface area contributed by atoms with E-state index in [9.17, 15) is 4.79 Å². The van der Waals surface area contributed by atoms with Crippen LogP contribution >= 0.6 is 12.0 Å². The highest BCUT2D eigenvalue weighted by molar-refractivity contribution is 7.95. The Morgan fingerprint density at radius 1 is 1.00 bits per heavy atom. The molecule has 0 aliphatic rings. The molecule has 0 aliphatic carbocycles. The predicted octanol–water partition coefficient (Wildman–Crippen LogP) is 5.61. The standard InChI is InChI=1S/C16H32O2S/c1-5-7-10-15(11-8-6-2)12-9-13-19-18-16(17)14(3)4/h14-15H,5-13H2,1-4H3. The topological polar surface area (TPSA) is 26.3 Å². The summed E-state index contributed by atoms with van der Waals surface area (Å²) in [6.07, 6.45) is 10.5. The Morgan fingerprint density at radius 2 is 1.53 bits per heavy atom. The Morgan fingerprint density at radius 3 is 2.00 bits per heavy atom. The van der Waals surface area contributed by atoms with Crippen molar-refractivity contribution in [2.45, 2.75) is 79.1 Å². The maximum Gasteiger partial charge on any atom is 0.320 e. The van der Waals surface area contributed by atoms with Crippen LogP contribution in [0.3, 0.4) is 0 Å². The fourth-order valence-corrected chi connectivity index (χ4v) is 2.72. The van der Waals surface area contributed by atoms with Crippen molar-refractivity contribution in [3.8, 4) is 0 Å². The number of carbonyl (C=O) groups is 1. The molecule has 0 amide bonds. The summed E-state index contributed by atoms with van der Waals surface area (Å²) in [7, 11) is 0. The molecule has 0 unspecified atom stereocenters. The number of rotatable bonds is 12. The van der Waals surface area contributed by atoms with E-state index in [2.05, 4.69) is 13.8 Å². The second-order valence-corrected chi connectivity index (χ2v) is 6.48. The summed E-state index contributed by atoms with van der Waals surface area (Å²) in [6.45, 7) is 8.26. The molecule has 0 heterocycles. The lowest BCUT2D eigenvalue weighted by molar-refractivity contribution is -0.136. The van der Waals surface area contributed by atoms with E-state index in [0.29, 0.717) is 0 Å².